The number of nitriles is 1. The molecule has 2 aromatic carbocycles. The highest BCUT2D eigenvalue weighted by atomic mass is 19.1. The van der Waals surface area contributed by atoms with Gasteiger partial charge < -0.3 is 10.6 Å². The van der Waals surface area contributed by atoms with Gasteiger partial charge in [0.15, 0.2) is 0 Å². The normalized spacial score (nSPS) is 15.9. The molecule has 0 radical (unpaired) electrons. The molecule has 0 aliphatic carbocycles. The Morgan fingerprint density at radius 1 is 1.11 bits per heavy atom. The molecule has 1 aliphatic heterocycles. The predicted molar refractivity (Wildman–Crippen MR) is 107 cm³/mol. The van der Waals surface area contributed by atoms with Gasteiger partial charge in [-0.05, 0) is 55.3 Å². The van der Waals surface area contributed by atoms with Gasteiger partial charge in [0.1, 0.15) is 5.82 Å². The van der Waals surface area contributed by atoms with E-state index in [0.717, 1.165) is 48.4 Å². The topological polar surface area (TPSA) is 73.6 Å². The third-order valence-corrected chi connectivity index (χ3v) is 4.94. The first-order valence-corrected chi connectivity index (χ1v) is 9.31. The molecule has 1 saturated heterocycles. The maximum absolute atomic E-state index is 13.3. The standard InChI is InChI=1S/C22H20FN5/c23-19-7-5-17(6-8-19)20-14-27-22(26-13-16-9-10-25-12-16)28-21(20)18-3-1-15(11-24)2-4-18/h1-8,14,16,25H,9-10,12-13H2,(H,26,27,28)/t16-/m0/s1. The smallest absolute Gasteiger partial charge is 0.223 e. The minimum atomic E-state index is -0.284. The molecule has 0 bridgehead atoms. The van der Waals surface area contributed by atoms with Crippen LogP contribution in [0.25, 0.3) is 22.4 Å². The monoisotopic (exact) mass is 373 g/mol. The van der Waals surface area contributed by atoms with E-state index in [-0.39, 0.29) is 5.82 Å². The lowest BCUT2D eigenvalue weighted by Crippen LogP contribution is -2.18. The first kappa shape index (κ1) is 18.1. The number of halogens is 1. The molecule has 28 heavy (non-hydrogen) atoms. The fraction of sp³-hybridized carbons (Fsp3) is 0.227. The van der Waals surface area contributed by atoms with E-state index in [4.69, 9.17) is 10.2 Å². The van der Waals surface area contributed by atoms with Crippen molar-refractivity contribution in [1.29, 1.82) is 5.26 Å². The van der Waals surface area contributed by atoms with Crippen LogP contribution in [0.2, 0.25) is 0 Å². The van der Waals surface area contributed by atoms with Crippen LogP contribution in [0.4, 0.5) is 10.3 Å². The lowest BCUT2D eigenvalue weighted by atomic mass is 10.00. The van der Waals surface area contributed by atoms with Crippen molar-refractivity contribution in [3.63, 3.8) is 0 Å². The maximum Gasteiger partial charge on any atom is 0.223 e. The van der Waals surface area contributed by atoms with Gasteiger partial charge in [-0.25, -0.2) is 14.4 Å². The predicted octanol–water partition coefficient (Wildman–Crippen LogP) is 3.84. The summed E-state index contributed by atoms with van der Waals surface area (Å²) in [6.07, 6.45) is 2.91. The summed E-state index contributed by atoms with van der Waals surface area (Å²) in [6, 6.07) is 15.7. The van der Waals surface area contributed by atoms with Crippen molar-refractivity contribution >= 4 is 5.95 Å². The fourth-order valence-electron chi connectivity index (χ4n) is 3.35. The zero-order valence-corrected chi connectivity index (χ0v) is 15.3. The SMILES string of the molecule is N#Cc1ccc(-c2nc(NC[C@H]3CCNC3)ncc2-c2ccc(F)cc2)cc1. The molecule has 1 fully saturated rings. The molecule has 0 spiro atoms. The van der Waals surface area contributed by atoms with Gasteiger partial charge in [-0.2, -0.15) is 5.26 Å². The summed E-state index contributed by atoms with van der Waals surface area (Å²) in [5.74, 6) is 0.851. The summed E-state index contributed by atoms with van der Waals surface area (Å²) in [7, 11) is 0. The average molecular weight is 373 g/mol. The van der Waals surface area contributed by atoms with E-state index in [1.807, 2.05) is 12.1 Å². The summed E-state index contributed by atoms with van der Waals surface area (Å²) in [4.78, 5) is 9.21. The summed E-state index contributed by atoms with van der Waals surface area (Å²) >= 11 is 0. The lowest BCUT2D eigenvalue weighted by Gasteiger charge is -2.14. The largest absolute Gasteiger partial charge is 0.354 e. The summed E-state index contributed by atoms with van der Waals surface area (Å²) in [5, 5.41) is 15.7. The molecular weight excluding hydrogens is 353 g/mol. The number of hydrogen-bond donors (Lipinski definition) is 2. The minimum Gasteiger partial charge on any atom is -0.354 e. The lowest BCUT2D eigenvalue weighted by molar-refractivity contribution is 0.613. The van der Waals surface area contributed by atoms with Gasteiger partial charge >= 0.3 is 0 Å². The highest BCUT2D eigenvalue weighted by molar-refractivity contribution is 5.81. The molecule has 1 aliphatic rings. The zero-order valence-electron chi connectivity index (χ0n) is 15.3. The van der Waals surface area contributed by atoms with E-state index >= 15 is 0 Å². The molecule has 140 valence electrons. The van der Waals surface area contributed by atoms with Gasteiger partial charge in [0.05, 0.1) is 17.3 Å². The van der Waals surface area contributed by atoms with Crippen LogP contribution in [-0.4, -0.2) is 29.6 Å². The minimum absolute atomic E-state index is 0.284. The van der Waals surface area contributed by atoms with Crippen molar-refractivity contribution in [2.24, 2.45) is 5.92 Å². The van der Waals surface area contributed by atoms with Gasteiger partial charge in [-0.1, -0.05) is 24.3 Å². The van der Waals surface area contributed by atoms with Crippen molar-refractivity contribution in [3.8, 4) is 28.5 Å². The molecular formula is C22H20FN5. The van der Waals surface area contributed by atoms with Crippen molar-refractivity contribution in [2.75, 3.05) is 25.0 Å². The molecule has 1 aromatic heterocycles. The first-order chi connectivity index (χ1) is 13.7. The van der Waals surface area contributed by atoms with Gasteiger partial charge in [-0.3, -0.25) is 0 Å². The summed E-state index contributed by atoms with van der Waals surface area (Å²) in [5.41, 5.74) is 3.88. The Morgan fingerprint density at radius 2 is 1.86 bits per heavy atom. The Balaban J connectivity index is 1.69. The maximum atomic E-state index is 13.3. The number of nitrogens with one attached hydrogen (secondary N) is 2. The second kappa shape index (κ2) is 8.15. The molecule has 0 unspecified atom stereocenters. The number of anilines is 1. The Morgan fingerprint density at radius 3 is 2.54 bits per heavy atom. The van der Waals surface area contributed by atoms with Gasteiger partial charge in [0, 0.05) is 23.9 Å². The number of benzene rings is 2. The summed E-state index contributed by atoms with van der Waals surface area (Å²) in [6.45, 7) is 2.87. The van der Waals surface area contributed by atoms with E-state index in [2.05, 4.69) is 21.7 Å². The van der Waals surface area contributed by atoms with Crippen molar-refractivity contribution in [1.82, 2.24) is 15.3 Å². The van der Waals surface area contributed by atoms with Crippen LogP contribution in [0.3, 0.4) is 0 Å². The number of rotatable bonds is 5. The second-order valence-corrected chi connectivity index (χ2v) is 6.89. The van der Waals surface area contributed by atoms with Gasteiger partial charge in [0.2, 0.25) is 5.95 Å². The Labute approximate surface area is 163 Å². The van der Waals surface area contributed by atoms with Crippen LogP contribution in [0, 0.1) is 23.1 Å². The van der Waals surface area contributed by atoms with Crippen LogP contribution in [0.15, 0.2) is 54.7 Å². The van der Waals surface area contributed by atoms with E-state index in [0.29, 0.717) is 17.4 Å². The van der Waals surface area contributed by atoms with Crippen LogP contribution in [-0.2, 0) is 0 Å². The van der Waals surface area contributed by atoms with Crippen LogP contribution in [0.1, 0.15) is 12.0 Å². The van der Waals surface area contributed by atoms with Crippen molar-refractivity contribution in [2.45, 2.75) is 6.42 Å². The fourth-order valence-corrected chi connectivity index (χ4v) is 3.35. The molecule has 3 aromatic rings. The molecule has 0 saturated carbocycles. The highest BCUT2D eigenvalue weighted by Crippen LogP contribution is 2.31. The molecule has 1 atom stereocenters. The van der Waals surface area contributed by atoms with Crippen molar-refractivity contribution < 1.29 is 4.39 Å². The molecule has 4 rings (SSSR count). The van der Waals surface area contributed by atoms with Crippen LogP contribution in [0.5, 0.6) is 0 Å². The molecule has 6 heteroatoms. The van der Waals surface area contributed by atoms with E-state index in [9.17, 15) is 4.39 Å². The quantitative estimate of drug-likeness (QED) is 0.711. The molecule has 5 nitrogen and oxygen atoms in total. The third-order valence-electron chi connectivity index (χ3n) is 4.94. The Kier molecular flexibility index (Phi) is 5.27. The highest BCUT2D eigenvalue weighted by Gasteiger charge is 2.16. The van der Waals surface area contributed by atoms with Crippen LogP contribution >= 0.6 is 0 Å². The van der Waals surface area contributed by atoms with Crippen LogP contribution < -0.4 is 10.6 Å². The van der Waals surface area contributed by atoms with Gasteiger partial charge in [0.25, 0.3) is 0 Å². The zero-order chi connectivity index (χ0) is 19.3. The third kappa shape index (κ3) is 4.00. The molecule has 0 amide bonds. The first-order valence-electron chi connectivity index (χ1n) is 9.31. The van der Waals surface area contributed by atoms with Gasteiger partial charge in [-0.15, -0.1) is 0 Å². The Hall–Kier alpha value is -3.30. The van der Waals surface area contributed by atoms with E-state index < -0.39 is 0 Å². The summed E-state index contributed by atoms with van der Waals surface area (Å²) < 4.78 is 13.3. The van der Waals surface area contributed by atoms with E-state index in [1.54, 1.807) is 30.5 Å². The number of nitrogens with zero attached hydrogens (tertiary/aromatic N) is 3. The average Bonchev–Trinajstić information content (AvgIpc) is 3.27. The number of aromatic nitrogens is 2. The number of hydrogen-bond acceptors (Lipinski definition) is 5. The Bertz CT molecular complexity index is 987. The molecule has 2 N–H and O–H groups in total. The second-order valence-electron chi connectivity index (χ2n) is 6.89. The van der Waals surface area contributed by atoms with Crippen molar-refractivity contribution in [3.05, 3.63) is 66.1 Å². The molecule has 2 heterocycles. The van der Waals surface area contributed by atoms with E-state index in [1.165, 1.54) is 12.1 Å².